The Balaban J connectivity index is 1.22. The molecule has 0 spiro atoms. The van der Waals surface area contributed by atoms with Gasteiger partial charge in [0, 0.05) is 48.5 Å². The van der Waals surface area contributed by atoms with E-state index in [2.05, 4.69) is 21.2 Å². The lowest BCUT2D eigenvalue weighted by atomic mass is 10.2. The Morgan fingerprint density at radius 1 is 1.06 bits per heavy atom. The molecule has 0 aliphatic carbocycles. The Labute approximate surface area is 187 Å². The Morgan fingerprint density at radius 2 is 1.84 bits per heavy atom. The van der Waals surface area contributed by atoms with Crippen molar-refractivity contribution in [2.45, 2.75) is 6.54 Å². The van der Waals surface area contributed by atoms with E-state index in [1.54, 1.807) is 7.11 Å². The van der Waals surface area contributed by atoms with Crippen LogP contribution >= 0.6 is 11.6 Å². The molecule has 3 aromatic rings. The quantitative estimate of drug-likeness (QED) is 0.602. The van der Waals surface area contributed by atoms with Crippen LogP contribution in [0.4, 0.5) is 5.69 Å². The standard InChI is InChI=1S/C24H26ClN3O3/c1-30-21-4-2-3-20(15-21)28-13-11-27(12-14-28)17-24(29)26-16-22-9-10-23(31-22)18-5-7-19(25)8-6-18/h2-10,15H,11-14,16-17H2,1H3,(H,26,29). The molecule has 0 radical (unpaired) electrons. The minimum Gasteiger partial charge on any atom is -0.497 e. The summed E-state index contributed by atoms with van der Waals surface area (Å²) < 4.78 is 11.2. The molecule has 2 aromatic carbocycles. The van der Waals surface area contributed by atoms with E-state index in [9.17, 15) is 4.79 Å². The zero-order chi connectivity index (χ0) is 21.6. The van der Waals surface area contributed by atoms with Crippen LogP contribution < -0.4 is 15.0 Å². The molecule has 0 unspecified atom stereocenters. The lowest BCUT2D eigenvalue weighted by Gasteiger charge is -2.35. The highest BCUT2D eigenvalue weighted by molar-refractivity contribution is 6.30. The molecule has 0 atom stereocenters. The van der Waals surface area contributed by atoms with E-state index in [4.69, 9.17) is 20.8 Å². The molecule has 0 saturated carbocycles. The fourth-order valence-corrected chi connectivity index (χ4v) is 3.78. The molecule has 1 amide bonds. The van der Waals surface area contributed by atoms with Crippen LogP contribution in [-0.2, 0) is 11.3 Å². The van der Waals surface area contributed by atoms with Gasteiger partial charge in [0.15, 0.2) is 0 Å². The van der Waals surface area contributed by atoms with E-state index in [0.29, 0.717) is 18.1 Å². The van der Waals surface area contributed by atoms with Gasteiger partial charge in [0.25, 0.3) is 0 Å². The normalized spacial score (nSPS) is 14.5. The van der Waals surface area contributed by atoms with Crippen molar-refractivity contribution in [1.29, 1.82) is 0 Å². The number of carbonyl (C=O) groups excluding carboxylic acids is 1. The van der Waals surface area contributed by atoms with Gasteiger partial charge >= 0.3 is 0 Å². The average molecular weight is 440 g/mol. The summed E-state index contributed by atoms with van der Waals surface area (Å²) >= 11 is 5.93. The lowest BCUT2D eigenvalue weighted by molar-refractivity contribution is -0.122. The first-order valence-electron chi connectivity index (χ1n) is 10.3. The fourth-order valence-electron chi connectivity index (χ4n) is 3.66. The highest BCUT2D eigenvalue weighted by Gasteiger charge is 2.19. The smallest absolute Gasteiger partial charge is 0.234 e. The Kier molecular flexibility index (Phi) is 6.79. The summed E-state index contributed by atoms with van der Waals surface area (Å²) in [6.07, 6.45) is 0. The number of nitrogens with one attached hydrogen (secondary N) is 1. The van der Waals surface area contributed by atoms with E-state index in [0.717, 1.165) is 54.7 Å². The van der Waals surface area contributed by atoms with Crippen LogP contribution in [0.25, 0.3) is 11.3 Å². The number of benzene rings is 2. The summed E-state index contributed by atoms with van der Waals surface area (Å²) in [5.41, 5.74) is 2.11. The van der Waals surface area contributed by atoms with Crippen LogP contribution in [-0.4, -0.2) is 50.6 Å². The predicted octanol–water partition coefficient (Wildman–Crippen LogP) is 4.05. The molecule has 1 N–H and O–H groups in total. The predicted molar refractivity (Wildman–Crippen MR) is 123 cm³/mol. The molecular formula is C24H26ClN3O3. The number of piperazine rings is 1. The van der Waals surface area contributed by atoms with Gasteiger partial charge in [-0.2, -0.15) is 0 Å². The maximum absolute atomic E-state index is 12.4. The number of nitrogens with zero attached hydrogens (tertiary/aromatic N) is 2. The zero-order valence-electron chi connectivity index (χ0n) is 17.5. The first-order valence-corrected chi connectivity index (χ1v) is 10.7. The summed E-state index contributed by atoms with van der Waals surface area (Å²) in [6.45, 7) is 4.19. The molecule has 0 bridgehead atoms. The van der Waals surface area contributed by atoms with Crippen molar-refractivity contribution in [3.05, 3.63) is 71.4 Å². The van der Waals surface area contributed by atoms with Crippen LogP contribution in [0.15, 0.2) is 65.1 Å². The summed E-state index contributed by atoms with van der Waals surface area (Å²) in [5.74, 6) is 2.34. The van der Waals surface area contributed by atoms with Gasteiger partial charge in [0.1, 0.15) is 17.3 Å². The van der Waals surface area contributed by atoms with Crippen LogP contribution in [0.3, 0.4) is 0 Å². The van der Waals surface area contributed by atoms with E-state index in [1.807, 2.05) is 54.6 Å². The van der Waals surface area contributed by atoms with Crippen molar-refractivity contribution in [3.8, 4) is 17.1 Å². The molecule has 1 aliphatic rings. The number of hydrogen-bond acceptors (Lipinski definition) is 5. The summed E-state index contributed by atoms with van der Waals surface area (Å²) in [4.78, 5) is 16.9. The highest BCUT2D eigenvalue weighted by atomic mass is 35.5. The first kappa shape index (κ1) is 21.3. The molecule has 2 heterocycles. The third kappa shape index (κ3) is 5.60. The van der Waals surface area contributed by atoms with Crippen molar-refractivity contribution in [2.24, 2.45) is 0 Å². The highest BCUT2D eigenvalue weighted by Crippen LogP contribution is 2.24. The maximum atomic E-state index is 12.4. The lowest BCUT2D eigenvalue weighted by Crippen LogP contribution is -2.49. The number of hydrogen-bond donors (Lipinski definition) is 1. The second kappa shape index (κ2) is 9.90. The number of methoxy groups -OCH3 is 1. The number of furan rings is 1. The number of rotatable bonds is 7. The first-order chi connectivity index (χ1) is 15.1. The van der Waals surface area contributed by atoms with Crippen molar-refractivity contribution >= 4 is 23.2 Å². The monoisotopic (exact) mass is 439 g/mol. The van der Waals surface area contributed by atoms with E-state index in [1.165, 1.54) is 0 Å². The van der Waals surface area contributed by atoms with Gasteiger partial charge in [-0.1, -0.05) is 17.7 Å². The molecule has 31 heavy (non-hydrogen) atoms. The van der Waals surface area contributed by atoms with Crippen LogP contribution in [0.1, 0.15) is 5.76 Å². The fraction of sp³-hybridized carbons (Fsp3) is 0.292. The Morgan fingerprint density at radius 3 is 2.58 bits per heavy atom. The summed E-state index contributed by atoms with van der Waals surface area (Å²) in [5, 5.41) is 3.64. The molecule has 1 saturated heterocycles. The van der Waals surface area contributed by atoms with Gasteiger partial charge in [-0.05, 0) is 48.5 Å². The van der Waals surface area contributed by atoms with Crippen LogP contribution in [0.2, 0.25) is 5.02 Å². The molecule has 7 heteroatoms. The van der Waals surface area contributed by atoms with E-state index >= 15 is 0 Å². The van der Waals surface area contributed by atoms with Crippen molar-refractivity contribution in [1.82, 2.24) is 10.2 Å². The number of halogens is 1. The second-order valence-electron chi connectivity index (χ2n) is 7.51. The number of amides is 1. The average Bonchev–Trinajstić information content (AvgIpc) is 3.28. The third-order valence-electron chi connectivity index (χ3n) is 5.41. The van der Waals surface area contributed by atoms with Crippen molar-refractivity contribution in [2.75, 3.05) is 44.7 Å². The Bertz CT molecular complexity index is 1010. The topological polar surface area (TPSA) is 58.0 Å². The van der Waals surface area contributed by atoms with Gasteiger partial charge in [-0.15, -0.1) is 0 Å². The van der Waals surface area contributed by atoms with Gasteiger partial charge in [-0.25, -0.2) is 0 Å². The molecular weight excluding hydrogens is 414 g/mol. The zero-order valence-corrected chi connectivity index (χ0v) is 18.3. The number of ether oxygens (including phenoxy) is 1. The number of anilines is 1. The summed E-state index contributed by atoms with van der Waals surface area (Å²) in [6, 6.07) is 19.4. The Hall–Kier alpha value is -2.96. The van der Waals surface area contributed by atoms with Crippen molar-refractivity contribution < 1.29 is 13.9 Å². The third-order valence-corrected chi connectivity index (χ3v) is 5.66. The molecule has 4 rings (SSSR count). The van der Waals surface area contributed by atoms with Gasteiger partial charge in [-0.3, -0.25) is 9.69 Å². The molecule has 1 fully saturated rings. The van der Waals surface area contributed by atoms with Crippen molar-refractivity contribution in [3.63, 3.8) is 0 Å². The van der Waals surface area contributed by atoms with Crippen LogP contribution in [0.5, 0.6) is 5.75 Å². The second-order valence-corrected chi connectivity index (χ2v) is 7.95. The minimum absolute atomic E-state index is 0.000673. The molecule has 6 nitrogen and oxygen atoms in total. The van der Waals surface area contributed by atoms with Gasteiger partial charge in [0.2, 0.25) is 5.91 Å². The summed E-state index contributed by atoms with van der Waals surface area (Å²) in [7, 11) is 1.68. The van der Waals surface area contributed by atoms with Gasteiger partial charge < -0.3 is 19.4 Å². The molecule has 1 aliphatic heterocycles. The molecule has 162 valence electrons. The van der Waals surface area contributed by atoms with E-state index in [-0.39, 0.29) is 5.91 Å². The number of carbonyl (C=O) groups is 1. The maximum Gasteiger partial charge on any atom is 0.234 e. The van der Waals surface area contributed by atoms with E-state index < -0.39 is 0 Å². The largest absolute Gasteiger partial charge is 0.497 e. The van der Waals surface area contributed by atoms with Gasteiger partial charge in [0.05, 0.1) is 20.2 Å². The van der Waals surface area contributed by atoms with Crippen LogP contribution in [0, 0.1) is 0 Å². The SMILES string of the molecule is COc1cccc(N2CCN(CC(=O)NCc3ccc(-c4ccc(Cl)cc4)o3)CC2)c1. The minimum atomic E-state index is -0.000673. The molecule has 1 aromatic heterocycles.